The van der Waals surface area contributed by atoms with Gasteiger partial charge in [-0.2, -0.15) is 4.98 Å². The third kappa shape index (κ3) is 4.15. The molecule has 1 amide bonds. The van der Waals surface area contributed by atoms with Crippen molar-refractivity contribution in [2.45, 2.75) is 34.1 Å². The molecule has 1 atom stereocenters. The van der Waals surface area contributed by atoms with Crippen LogP contribution >= 0.6 is 0 Å². The van der Waals surface area contributed by atoms with Crippen LogP contribution in [0.3, 0.4) is 0 Å². The number of hydrogen-bond acceptors (Lipinski definition) is 3. The van der Waals surface area contributed by atoms with E-state index in [4.69, 9.17) is 0 Å². The number of aromatic nitrogens is 3. The molecule has 5 nitrogen and oxygen atoms in total. The molecule has 21 heavy (non-hydrogen) atoms. The first-order valence-corrected chi connectivity index (χ1v) is 7.13. The van der Waals surface area contributed by atoms with Crippen LogP contribution in [0.25, 0.3) is 5.69 Å². The summed E-state index contributed by atoms with van der Waals surface area (Å²) in [6.07, 6.45) is 2.06. The maximum Gasteiger partial charge on any atom is 0.249 e. The molecular formula is C16H22N4O. The number of hydrogen-bond donors (Lipinski definition) is 1. The van der Waals surface area contributed by atoms with Crippen molar-refractivity contribution >= 4 is 11.9 Å². The van der Waals surface area contributed by atoms with E-state index in [0.717, 1.165) is 5.69 Å². The molecule has 1 N–H and O–H groups in total. The van der Waals surface area contributed by atoms with Crippen molar-refractivity contribution in [1.82, 2.24) is 14.8 Å². The van der Waals surface area contributed by atoms with E-state index in [9.17, 15) is 4.79 Å². The van der Waals surface area contributed by atoms with E-state index in [0.29, 0.717) is 12.4 Å². The standard InChI is InChI=1S/C16H22N4O/c1-12(16(2,3)4)10-14(21)18-15-17-11-20(19-15)13-8-6-5-7-9-13/h5-9,11-12H,10H2,1-4H3,(H,18,19,21)/t12-/m1/s1. The van der Waals surface area contributed by atoms with Crippen LogP contribution in [0.5, 0.6) is 0 Å². The molecule has 0 bridgehead atoms. The van der Waals surface area contributed by atoms with Gasteiger partial charge in [-0.05, 0) is 23.5 Å². The average Bonchev–Trinajstić information content (AvgIpc) is 2.87. The van der Waals surface area contributed by atoms with Gasteiger partial charge < -0.3 is 0 Å². The summed E-state index contributed by atoms with van der Waals surface area (Å²) >= 11 is 0. The molecule has 0 radical (unpaired) electrons. The number of carbonyl (C=O) groups is 1. The molecule has 0 aliphatic heterocycles. The summed E-state index contributed by atoms with van der Waals surface area (Å²) in [6, 6.07) is 9.67. The molecule has 1 heterocycles. The number of para-hydroxylation sites is 1. The van der Waals surface area contributed by atoms with Crippen molar-refractivity contribution in [3.8, 4) is 5.69 Å². The van der Waals surface area contributed by atoms with E-state index in [-0.39, 0.29) is 17.2 Å². The maximum atomic E-state index is 12.0. The van der Waals surface area contributed by atoms with Crippen molar-refractivity contribution in [3.63, 3.8) is 0 Å². The first-order chi connectivity index (χ1) is 9.86. The van der Waals surface area contributed by atoms with Crippen LogP contribution in [0.4, 0.5) is 5.95 Å². The van der Waals surface area contributed by atoms with Crippen LogP contribution in [0.15, 0.2) is 36.7 Å². The van der Waals surface area contributed by atoms with Crippen LogP contribution in [-0.4, -0.2) is 20.7 Å². The highest BCUT2D eigenvalue weighted by molar-refractivity contribution is 5.89. The predicted octanol–water partition coefficient (Wildman–Crippen LogP) is 3.28. The van der Waals surface area contributed by atoms with Crippen molar-refractivity contribution in [2.24, 2.45) is 11.3 Å². The van der Waals surface area contributed by atoms with Crippen molar-refractivity contribution in [2.75, 3.05) is 5.32 Å². The van der Waals surface area contributed by atoms with Gasteiger partial charge in [0.25, 0.3) is 0 Å². The highest BCUT2D eigenvalue weighted by atomic mass is 16.1. The van der Waals surface area contributed by atoms with E-state index >= 15 is 0 Å². The Bertz CT molecular complexity index is 598. The fraction of sp³-hybridized carbons (Fsp3) is 0.438. The molecule has 2 aromatic rings. The monoisotopic (exact) mass is 286 g/mol. The average molecular weight is 286 g/mol. The van der Waals surface area contributed by atoms with Crippen LogP contribution in [0, 0.1) is 11.3 Å². The molecule has 2 rings (SSSR count). The number of nitrogens with one attached hydrogen (secondary N) is 1. The maximum absolute atomic E-state index is 12.0. The Morgan fingerprint density at radius 1 is 1.29 bits per heavy atom. The molecule has 0 spiro atoms. The zero-order chi connectivity index (χ0) is 15.5. The fourth-order valence-electron chi connectivity index (χ4n) is 1.79. The number of rotatable bonds is 4. The fourth-order valence-corrected chi connectivity index (χ4v) is 1.79. The number of carbonyl (C=O) groups excluding carboxylic acids is 1. The summed E-state index contributed by atoms with van der Waals surface area (Å²) in [7, 11) is 0. The zero-order valence-electron chi connectivity index (χ0n) is 13.0. The summed E-state index contributed by atoms with van der Waals surface area (Å²) in [6.45, 7) is 8.48. The Balaban J connectivity index is 1.98. The first kappa shape index (κ1) is 15.2. The van der Waals surface area contributed by atoms with Crippen molar-refractivity contribution in [1.29, 1.82) is 0 Å². The molecule has 0 saturated carbocycles. The minimum absolute atomic E-state index is 0.0526. The minimum Gasteiger partial charge on any atom is -0.293 e. The second-order valence-electron chi connectivity index (χ2n) is 6.37. The molecule has 0 aliphatic carbocycles. The summed E-state index contributed by atoms with van der Waals surface area (Å²) in [4.78, 5) is 16.1. The summed E-state index contributed by atoms with van der Waals surface area (Å²) in [5.41, 5.74) is 1.02. The minimum atomic E-state index is -0.0526. The summed E-state index contributed by atoms with van der Waals surface area (Å²) in [5.74, 6) is 0.571. The molecule has 0 aliphatic rings. The highest BCUT2D eigenvalue weighted by Gasteiger charge is 2.23. The smallest absolute Gasteiger partial charge is 0.249 e. The van der Waals surface area contributed by atoms with Crippen molar-refractivity contribution in [3.05, 3.63) is 36.7 Å². The topological polar surface area (TPSA) is 59.8 Å². The third-order valence-electron chi connectivity index (χ3n) is 3.73. The van der Waals surface area contributed by atoms with Gasteiger partial charge >= 0.3 is 0 Å². The molecule has 112 valence electrons. The zero-order valence-corrected chi connectivity index (χ0v) is 13.0. The molecule has 1 aromatic carbocycles. The van der Waals surface area contributed by atoms with Gasteiger partial charge in [0.05, 0.1) is 5.69 Å². The molecular weight excluding hydrogens is 264 g/mol. The van der Waals surface area contributed by atoms with Crippen LogP contribution in [0.2, 0.25) is 0 Å². The largest absolute Gasteiger partial charge is 0.293 e. The lowest BCUT2D eigenvalue weighted by molar-refractivity contribution is -0.117. The predicted molar refractivity (Wildman–Crippen MR) is 83.2 cm³/mol. The molecule has 5 heteroatoms. The van der Waals surface area contributed by atoms with Crippen LogP contribution in [-0.2, 0) is 4.79 Å². The Labute approximate surface area is 125 Å². The van der Waals surface area contributed by atoms with Gasteiger partial charge in [-0.25, -0.2) is 4.68 Å². The Morgan fingerprint density at radius 3 is 2.57 bits per heavy atom. The van der Waals surface area contributed by atoms with E-state index in [2.05, 4.69) is 43.1 Å². The summed E-state index contributed by atoms with van der Waals surface area (Å²) in [5, 5.41) is 7.02. The molecule has 0 saturated heterocycles. The van der Waals surface area contributed by atoms with Crippen molar-refractivity contribution < 1.29 is 4.79 Å². The SMILES string of the molecule is C[C@H](CC(=O)Nc1ncn(-c2ccccc2)n1)C(C)(C)C. The number of amides is 1. The van der Waals surface area contributed by atoms with Gasteiger partial charge in [-0.15, -0.1) is 5.10 Å². The van der Waals surface area contributed by atoms with Gasteiger partial charge in [0.15, 0.2) is 0 Å². The second kappa shape index (κ2) is 6.08. The first-order valence-electron chi connectivity index (χ1n) is 7.13. The van der Waals surface area contributed by atoms with Gasteiger partial charge in [0, 0.05) is 6.42 Å². The second-order valence-corrected chi connectivity index (χ2v) is 6.37. The van der Waals surface area contributed by atoms with Crippen LogP contribution < -0.4 is 5.32 Å². The molecule has 0 unspecified atom stereocenters. The van der Waals surface area contributed by atoms with E-state index in [1.54, 1.807) is 11.0 Å². The summed E-state index contributed by atoms with van der Waals surface area (Å²) < 4.78 is 1.64. The van der Waals surface area contributed by atoms with Gasteiger partial charge in [0.1, 0.15) is 6.33 Å². The lowest BCUT2D eigenvalue weighted by Gasteiger charge is -2.26. The highest BCUT2D eigenvalue weighted by Crippen LogP contribution is 2.28. The van der Waals surface area contributed by atoms with Gasteiger partial charge in [0.2, 0.25) is 11.9 Å². The molecule has 0 fully saturated rings. The van der Waals surface area contributed by atoms with E-state index in [1.165, 1.54) is 0 Å². The van der Waals surface area contributed by atoms with E-state index < -0.39 is 0 Å². The Kier molecular flexibility index (Phi) is 4.40. The van der Waals surface area contributed by atoms with Gasteiger partial charge in [-0.1, -0.05) is 45.9 Å². The normalized spacial score (nSPS) is 13.0. The Morgan fingerprint density at radius 2 is 1.95 bits per heavy atom. The lowest BCUT2D eigenvalue weighted by atomic mass is 9.80. The van der Waals surface area contributed by atoms with Crippen LogP contribution in [0.1, 0.15) is 34.1 Å². The van der Waals surface area contributed by atoms with Gasteiger partial charge in [-0.3, -0.25) is 10.1 Å². The quantitative estimate of drug-likeness (QED) is 0.938. The third-order valence-corrected chi connectivity index (χ3v) is 3.73. The number of anilines is 1. The Hall–Kier alpha value is -2.17. The number of benzene rings is 1. The lowest BCUT2D eigenvalue weighted by Crippen LogP contribution is -2.24. The van der Waals surface area contributed by atoms with E-state index in [1.807, 2.05) is 30.3 Å². The molecule has 1 aromatic heterocycles. The number of nitrogens with zero attached hydrogens (tertiary/aromatic N) is 3.